The minimum Gasteiger partial charge on any atom is -0.492 e. The molecule has 0 N–H and O–H groups in total. The van der Waals surface area contributed by atoms with E-state index in [1.807, 2.05) is 13.8 Å². The first-order valence-electron chi connectivity index (χ1n) is 12.1. The summed E-state index contributed by atoms with van der Waals surface area (Å²) in [5, 5.41) is 0.588. The zero-order valence-corrected chi connectivity index (χ0v) is 24.1. The normalized spacial score (nSPS) is 11.3. The molecule has 39 heavy (non-hydrogen) atoms. The van der Waals surface area contributed by atoms with E-state index in [1.54, 1.807) is 51.1 Å². The summed E-state index contributed by atoms with van der Waals surface area (Å²) in [6, 6.07) is 9.61. The summed E-state index contributed by atoms with van der Waals surface area (Å²) in [6.07, 6.45) is -0.847. The molecule has 3 rings (SSSR count). The van der Waals surface area contributed by atoms with Crippen LogP contribution in [0.15, 0.2) is 55.6 Å². The van der Waals surface area contributed by atoms with Crippen molar-refractivity contribution in [1.29, 1.82) is 0 Å². The molecule has 2 aromatic carbocycles. The summed E-state index contributed by atoms with van der Waals surface area (Å²) in [7, 11) is 4.37. The van der Waals surface area contributed by atoms with Crippen LogP contribution in [0.1, 0.15) is 34.6 Å². The van der Waals surface area contributed by atoms with Gasteiger partial charge in [0.25, 0.3) is 0 Å². The highest BCUT2D eigenvalue weighted by atomic mass is 32.2. The number of hydrogen-bond acceptors (Lipinski definition) is 10. The van der Waals surface area contributed by atoms with Crippen LogP contribution in [0.2, 0.25) is 0 Å². The molecule has 0 spiro atoms. The van der Waals surface area contributed by atoms with Crippen LogP contribution in [0.5, 0.6) is 23.0 Å². The molecule has 0 fully saturated rings. The molecule has 210 valence electrons. The van der Waals surface area contributed by atoms with Gasteiger partial charge >= 0.3 is 12.1 Å². The molecule has 1 amide bonds. The maximum absolute atomic E-state index is 13.0. The van der Waals surface area contributed by atoms with Gasteiger partial charge in [0.2, 0.25) is 5.75 Å². The van der Waals surface area contributed by atoms with Crippen LogP contribution in [0.4, 0.5) is 4.79 Å². The highest BCUT2D eigenvalue weighted by molar-refractivity contribution is 7.99. The third-order valence-corrected chi connectivity index (χ3v) is 5.90. The van der Waals surface area contributed by atoms with Crippen molar-refractivity contribution in [3.63, 3.8) is 0 Å². The number of fused-ring (bicyclic) bond motifs is 1. The predicted octanol–water partition coefficient (Wildman–Crippen LogP) is 5.52. The maximum Gasteiger partial charge on any atom is 0.415 e. The Morgan fingerprint density at radius 2 is 1.67 bits per heavy atom. The average molecular weight is 560 g/mol. The van der Waals surface area contributed by atoms with Crippen LogP contribution in [0.25, 0.3) is 11.0 Å². The van der Waals surface area contributed by atoms with Crippen LogP contribution >= 0.6 is 11.8 Å². The van der Waals surface area contributed by atoms with Crippen LogP contribution in [0, 0.1) is 0 Å². The van der Waals surface area contributed by atoms with Gasteiger partial charge in [0, 0.05) is 24.1 Å². The molecule has 3 aromatic rings. The minimum atomic E-state index is -0.703. The van der Waals surface area contributed by atoms with E-state index in [0.717, 1.165) is 9.80 Å². The first kappa shape index (κ1) is 29.7. The Hall–Kier alpha value is -3.86. The number of carbonyl (C=O) groups is 2. The van der Waals surface area contributed by atoms with Gasteiger partial charge in [-0.25, -0.2) is 4.79 Å². The summed E-state index contributed by atoms with van der Waals surface area (Å²) >= 11 is 1.22. The van der Waals surface area contributed by atoms with Gasteiger partial charge < -0.3 is 28.1 Å². The molecule has 10 nitrogen and oxygen atoms in total. The first-order chi connectivity index (χ1) is 18.3. The molecule has 11 heteroatoms. The topological polar surface area (TPSA) is 114 Å². The lowest BCUT2D eigenvalue weighted by Gasteiger charge is -2.22. The molecule has 0 radical (unpaired) electrons. The Kier molecular flexibility index (Phi) is 9.39. The maximum atomic E-state index is 13.0. The molecular formula is C28H33NO9S. The second-order valence-electron chi connectivity index (χ2n) is 9.79. The van der Waals surface area contributed by atoms with Gasteiger partial charge in [0.15, 0.2) is 22.0 Å². The van der Waals surface area contributed by atoms with E-state index in [-0.39, 0.29) is 40.5 Å². The number of amides is 1. The molecule has 0 saturated heterocycles. The van der Waals surface area contributed by atoms with Crippen molar-refractivity contribution in [2.45, 2.75) is 56.3 Å². The first-order valence-corrected chi connectivity index (χ1v) is 12.9. The third kappa shape index (κ3) is 7.82. The SMILES string of the molecule is COc1c(OC(C)C)cc2oc(Sc3ccc(OC(=O)N(C)CC(=O)OC(C)(C)C)cc3)cc(=O)c2c1OC. The molecule has 1 aromatic heterocycles. The number of esters is 1. The quantitative estimate of drug-likeness (QED) is 0.310. The van der Waals surface area contributed by atoms with Crippen LogP contribution in [-0.2, 0) is 9.53 Å². The summed E-state index contributed by atoms with van der Waals surface area (Å²) in [5.74, 6) is 0.689. The fourth-order valence-corrected chi connectivity index (χ4v) is 4.31. The van der Waals surface area contributed by atoms with Gasteiger partial charge in [-0.1, -0.05) is 11.8 Å². The molecular weight excluding hydrogens is 526 g/mol. The molecule has 0 bridgehead atoms. The lowest BCUT2D eigenvalue weighted by molar-refractivity contribution is -0.155. The van der Waals surface area contributed by atoms with Crippen LogP contribution in [-0.4, -0.2) is 56.5 Å². The fraction of sp³-hybridized carbons (Fsp3) is 0.393. The van der Waals surface area contributed by atoms with Crippen molar-refractivity contribution in [1.82, 2.24) is 4.90 Å². The number of ether oxygens (including phenoxy) is 5. The Morgan fingerprint density at radius 3 is 2.23 bits per heavy atom. The molecule has 0 atom stereocenters. The molecule has 0 aliphatic heterocycles. The lowest BCUT2D eigenvalue weighted by Crippen LogP contribution is -2.37. The van der Waals surface area contributed by atoms with E-state index in [0.29, 0.717) is 16.6 Å². The van der Waals surface area contributed by atoms with Crippen LogP contribution < -0.4 is 24.4 Å². The Bertz CT molecular complexity index is 1390. The van der Waals surface area contributed by atoms with E-state index in [2.05, 4.69) is 0 Å². The van der Waals surface area contributed by atoms with E-state index >= 15 is 0 Å². The fourth-order valence-electron chi connectivity index (χ4n) is 3.51. The van der Waals surface area contributed by atoms with Gasteiger partial charge in [-0.15, -0.1) is 0 Å². The van der Waals surface area contributed by atoms with E-state index in [4.69, 9.17) is 28.1 Å². The van der Waals surface area contributed by atoms with Gasteiger partial charge in [0.05, 0.1) is 20.3 Å². The zero-order valence-electron chi connectivity index (χ0n) is 23.3. The number of carbonyl (C=O) groups excluding carboxylic acids is 2. The molecule has 0 saturated carbocycles. The van der Waals surface area contributed by atoms with Crippen molar-refractivity contribution in [2.75, 3.05) is 27.8 Å². The van der Waals surface area contributed by atoms with Gasteiger partial charge in [0.1, 0.15) is 28.9 Å². The monoisotopic (exact) mass is 559 g/mol. The third-order valence-electron chi connectivity index (χ3n) is 4.99. The highest BCUT2D eigenvalue weighted by Gasteiger charge is 2.23. The van der Waals surface area contributed by atoms with Crippen molar-refractivity contribution in [2.24, 2.45) is 0 Å². The molecule has 0 aliphatic carbocycles. The Morgan fingerprint density at radius 1 is 1.03 bits per heavy atom. The summed E-state index contributed by atoms with van der Waals surface area (Å²) < 4.78 is 33.3. The van der Waals surface area contributed by atoms with Gasteiger partial charge in [-0.2, -0.15) is 0 Å². The van der Waals surface area contributed by atoms with E-state index in [9.17, 15) is 14.4 Å². The number of methoxy groups -OCH3 is 2. The van der Waals surface area contributed by atoms with Gasteiger partial charge in [-0.05, 0) is 58.9 Å². The summed E-state index contributed by atoms with van der Waals surface area (Å²) in [5.41, 5.74) is -0.664. The predicted molar refractivity (Wildman–Crippen MR) is 146 cm³/mol. The molecule has 0 unspecified atom stereocenters. The average Bonchev–Trinajstić information content (AvgIpc) is 2.82. The van der Waals surface area contributed by atoms with Crippen LogP contribution in [0.3, 0.4) is 0 Å². The summed E-state index contributed by atoms with van der Waals surface area (Å²) in [6.45, 7) is 8.75. The van der Waals surface area contributed by atoms with Crippen molar-refractivity contribution < 1.29 is 37.7 Å². The van der Waals surface area contributed by atoms with Crippen molar-refractivity contribution in [3.05, 3.63) is 46.6 Å². The van der Waals surface area contributed by atoms with Crippen molar-refractivity contribution >= 4 is 34.8 Å². The van der Waals surface area contributed by atoms with Gasteiger partial charge in [-0.3, -0.25) is 14.5 Å². The standard InChI is InChI=1S/C28H33NO9S/c1-16(2)35-21-14-20-24(26(34-8)25(21)33-7)19(30)13-23(37-20)39-18-11-9-17(10-12-18)36-27(32)29(6)15-22(31)38-28(3,4)5/h9-14,16H,15H2,1-8H3. The van der Waals surface area contributed by atoms with E-state index < -0.39 is 17.7 Å². The summed E-state index contributed by atoms with van der Waals surface area (Å²) in [4.78, 5) is 39.2. The number of benzene rings is 2. The molecule has 1 heterocycles. The Balaban J connectivity index is 1.77. The molecule has 0 aliphatic rings. The minimum absolute atomic E-state index is 0.143. The number of hydrogen-bond donors (Lipinski definition) is 0. The number of likely N-dealkylation sites (N-methyl/N-ethyl adjacent to an activating group) is 1. The smallest absolute Gasteiger partial charge is 0.415 e. The second-order valence-corrected chi connectivity index (χ2v) is 10.9. The Labute approximate surface area is 231 Å². The lowest BCUT2D eigenvalue weighted by atomic mass is 10.1. The van der Waals surface area contributed by atoms with Crippen molar-refractivity contribution in [3.8, 4) is 23.0 Å². The highest BCUT2D eigenvalue weighted by Crippen LogP contribution is 2.43. The largest absolute Gasteiger partial charge is 0.492 e. The number of nitrogens with zero attached hydrogens (tertiary/aromatic N) is 1. The number of rotatable bonds is 9. The second kappa shape index (κ2) is 12.3. The van der Waals surface area contributed by atoms with E-state index in [1.165, 1.54) is 39.1 Å². The zero-order chi connectivity index (χ0) is 28.9.